The lowest BCUT2D eigenvalue weighted by Gasteiger charge is -2.32. The molecule has 1 aromatic rings. The van der Waals surface area contributed by atoms with E-state index < -0.39 is 0 Å². The van der Waals surface area contributed by atoms with Crippen molar-refractivity contribution in [3.05, 3.63) is 16.1 Å². The minimum absolute atomic E-state index is 0.253. The fourth-order valence-corrected chi connectivity index (χ4v) is 3.44. The highest BCUT2D eigenvalue weighted by Gasteiger charge is 2.42. The van der Waals surface area contributed by atoms with E-state index in [1.54, 1.807) is 11.3 Å². The van der Waals surface area contributed by atoms with Crippen molar-refractivity contribution in [2.75, 3.05) is 13.2 Å². The second kappa shape index (κ2) is 4.91. The molecule has 0 spiro atoms. The van der Waals surface area contributed by atoms with E-state index >= 15 is 0 Å². The summed E-state index contributed by atoms with van der Waals surface area (Å²) < 4.78 is 5.84. The Morgan fingerprint density at radius 2 is 2.39 bits per heavy atom. The van der Waals surface area contributed by atoms with Gasteiger partial charge >= 0.3 is 0 Å². The number of hydrogen-bond acceptors (Lipinski definition) is 4. The molecule has 2 fully saturated rings. The van der Waals surface area contributed by atoms with E-state index in [1.165, 1.54) is 23.5 Å². The lowest BCUT2D eigenvalue weighted by atomic mass is 9.77. The van der Waals surface area contributed by atoms with E-state index in [2.05, 4.69) is 29.5 Å². The van der Waals surface area contributed by atoms with E-state index in [-0.39, 0.29) is 5.41 Å². The summed E-state index contributed by atoms with van der Waals surface area (Å²) in [5, 5.41) is 7.07. The average Bonchev–Trinajstić information content (AvgIpc) is 3.00. The lowest BCUT2D eigenvalue weighted by molar-refractivity contribution is 0.0624. The molecule has 2 unspecified atom stereocenters. The van der Waals surface area contributed by atoms with Crippen molar-refractivity contribution in [2.45, 2.75) is 51.7 Å². The summed E-state index contributed by atoms with van der Waals surface area (Å²) in [5.74, 6) is 0. The number of aryl methyl sites for hydroxylation is 1. The molecule has 1 aliphatic carbocycles. The molecule has 3 rings (SSSR count). The van der Waals surface area contributed by atoms with Crippen LogP contribution in [0.15, 0.2) is 5.38 Å². The van der Waals surface area contributed by atoms with Crippen LogP contribution in [0.1, 0.15) is 36.9 Å². The predicted molar refractivity (Wildman–Crippen MR) is 74.0 cm³/mol. The Morgan fingerprint density at radius 1 is 1.56 bits per heavy atom. The Kier molecular flexibility index (Phi) is 3.43. The van der Waals surface area contributed by atoms with Crippen LogP contribution in [0.25, 0.3) is 0 Å². The summed E-state index contributed by atoms with van der Waals surface area (Å²) in [5.41, 5.74) is 1.50. The van der Waals surface area contributed by atoms with Gasteiger partial charge in [-0.2, -0.15) is 0 Å². The zero-order valence-electron chi connectivity index (χ0n) is 11.2. The van der Waals surface area contributed by atoms with Gasteiger partial charge in [0.2, 0.25) is 0 Å². The molecule has 1 saturated heterocycles. The summed E-state index contributed by atoms with van der Waals surface area (Å²) >= 11 is 1.75. The van der Waals surface area contributed by atoms with Crippen LogP contribution >= 0.6 is 11.3 Å². The molecular weight excluding hydrogens is 244 g/mol. The Labute approximate surface area is 113 Å². The van der Waals surface area contributed by atoms with Gasteiger partial charge in [-0.3, -0.25) is 0 Å². The number of hydrogen-bond donors (Lipinski definition) is 1. The number of ether oxygens (including phenoxy) is 1. The molecule has 2 atom stereocenters. The molecule has 1 N–H and O–H groups in total. The van der Waals surface area contributed by atoms with E-state index in [0.29, 0.717) is 6.10 Å². The normalized spacial score (nSPS) is 32.0. The third kappa shape index (κ3) is 2.60. The summed E-state index contributed by atoms with van der Waals surface area (Å²) in [6.07, 6.45) is 5.25. The van der Waals surface area contributed by atoms with Gasteiger partial charge in [0.25, 0.3) is 0 Å². The van der Waals surface area contributed by atoms with Gasteiger partial charge in [0.1, 0.15) is 0 Å². The van der Waals surface area contributed by atoms with Crippen molar-refractivity contribution in [1.29, 1.82) is 0 Å². The maximum atomic E-state index is 5.84. The number of nitrogens with one attached hydrogen (secondary N) is 1. The molecular formula is C14H22N2OS. The summed E-state index contributed by atoms with van der Waals surface area (Å²) in [4.78, 5) is 4.63. The Morgan fingerprint density at radius 3 is 2.94 bits per heavy atom. The van der Waals surface area contributed by atoms with E-state index in [9.17, 15) is 0 Å². The second-order valence-electron chi connectivity index (χ2n) is 5.82. The Hall–Kier alpha value is -0.450. The average molecular weight is 266 g/mol. The third-order valence-electron chi connectivity index (χ3n) is 4.35. The zero-order valence-corrected chi connectivity index (χ0v) is 12.1. The summed E-state index contributed by atoms with van der Waals surface area (Å²) in [6, 6.07) is 0.770. The summed E-state index contributed by atoms with van der Waals surface area (Å²) in [6.45, 7) is 6.28. The molecule has 1 saturated carbocycles. The van der Waals surface area contributed by atoms with Crippen LogP contribution in [0, 0.1) is 12.3 Å². The van der Waals surface area contributed by atoms with Crippen LogP contribution in [-0.2, 0) is 11.2 Å². The van der Waals surface area contributed by atoms with Crippen molar-refractivity contribution in [3.63, 3.8) is 0 Å². The van der Waals surface area contributed by atoms with Gasteiger partial charge in [-0.15, -0.1) is 11.3 Å². The number of aromatic nitrogens is 1. The largest absolute Gasteiger partial charge is 0.378 e. The lowest BCUT2D eigenvalue weighted by Crippen LogP contribution is -2.42. The van der Waals surface area contributed by atoms with E-state index in [4.69, 9.17) is 4.74 Å². The molecule has 2 heterocycles. The molecule has 18 heavy (non-hydrogen) atoms. The van der Waals surface area contributed by atoms with Crippen LogP contribution in [0.2, 0.25) is 0 Å². The first-order chi connectivity index (χ1) is 8.68. The van der Waals surface area contributed by atoms with Crippen LogP contribution in [-0.4, -0.2) is 30.3 Å². The van der Waals surface area contributed by atoms with Crippen molar-refractivity contribution in [2.24, 2.45) is 5.41 Å². The first kappa shape index (κ1) is 12.6. The van der Waals surface area contributed by atoms with Crippen molar-refractivity contribution < 1.29 is 4.74 Å². The minimum Gasteiger partial charge on any atom is -0.378 e. The fraction of sp³-hybridized carbons (Fsp3) is 0.786. The van der Waals surface area contributed by atoms with E-state index in [0.717, 1.165) is 32.0 Å². The molecule has 100 valence electrons. The van der Waals surface area contributed by atoms with Gasteiger partial charge in [0.15, 0.2) is 0 Å². The molecule has 2 aliphatic rings. The van der Waals surface area contributed by atoms with Crippen LogP contribution < -0.4 is 5.32 Å². The molecule has 0 aromatic carbocycles. The highest BCUT2D eigenvalue weighted by molar-refractivity contribution is 7.09. The number of thiazole rings is 1. The van der Waals surface area contributed by atoms with E-state index in [1.807, 2.05) is 0 Å². The Bertz CT molecular complexity index is 416. The van der Waals surface area contributed by atoms with Crippen molar-refractivity contribution in [3.8, 4) is 0 Å². The second-order valence-corrected chi connectivity index (χ2v) is 6.88. The fourth-order valence-electron chi connectivity index (χ4n) is 2.83. The molecule has 1 aromatic heterocycles. The van der Waals surface area contributed by atoms with Gasteiger partial charge in [-0.25, -0.2) is 4.98 Å². The van der Waals surface area contributed by atoms with Gasteiger partial charge in [-0.1, -0.05) is 0 Å². The first-order valence-electron chi connectivity index (χ1n) is 6.94. The van der Waals surface area contributed by atoms with Gasteiger partial charge in [-0.05, 0) is 39.5 Å². The highest BCUT2D eigenvalue weighted by atomic mass is 32.1. The molecule has 4 heteroatoms. The van der Waals surface area contributed by atoms with Crippen molar-refractivity contribution in [1.82, 2.24) is 10.3 Å². The zero-order chi connectivity index (χ0) is 12.6. The van der Waals surface area contributed by atoms with Crippen molar-refractivity contribution >= 4 is 11.3 Å². The Balaban J connectivity index is 1.71. The maximum Gasteiger partial charge on any atom is 0.0897 e. The highest BCUT2D eigenvalue weighted by Crippen LogP contribution is 2.38. The topological polar surface area (TPSA) is 34.2 Å². The number of nitrogens with zero attached hydrogens (tertiary/aromatic N) is 1. The molecule has 0 amide bonds. The SMILES string of the molecule is Cc1nc(CC2(CNC3CC3)CCOC2C)cs1. The van der Waals surface area contributed by atoms with Crippen LogP contribution in [0.5, 0.6) is 0 Å². The molecule has 1 aliphatic heterocycles. The maximum absolute atomic E-state index is 5.84. The quantitative estimate of drug-likeness (QED) is 0.889. The number of rotatable bonds is 5. The molecule has 3 nitrogen and oxygen atoms in total. The van der Waals surface area contributed by atoms with Gasteiger partial charge < -0.3 is 10.1 Å². The summed E-state index contributed by atoms with van der Waals surface area (Å²) in [7, 11) is 0. The first-order valence-corrected chi connectivity index (χ1v) is 7.82. The van der Waals surface area contributed by atoms with Gasteiger partial charge in [0, 0.05) is 30.0 Å². The third-order valence-corrected chi connectivity index (χ3v) is 5.17. The standard InChI is InChI=1S/C14H22N2OS/c1-10-14(5-6-17-10,9-15-12-3-4-12)7-13-8-18-11(2)16-13/h8,10,12,15H,3-7,9H2,1-2H3. The smallest absolute Gasteiger partial charge is 0.0897 e. The monoisotopic (exact) mass is 266 g/mol. The molecule has 0 radical (unpaired) electrons. The van der Waals surface area contributed by atoms with Gasteiger partial charge in [0.05, 0.1) is 16.8 Å². The molecule has 0 bridgehead atoms. The minimum atomic E-state index is 0.253. The predicted octanol–water partition coefficient (Wildman–Crippen LogP) is 2.54. The van der Waals surface area contributed by atoms with Crippen LogP contribution in [0.4, 0.5) is 0 Å². The van der Waals surface area contributed by atoms with Crippen LogP contribution in [0.3, 0.4) is 0 Å².